The first-order chi connectivity index (χ1) is 36.4. The smallest absolute Gasteiger partial charge is 0.247 e. The van der Waals surface area contributed by atoms with Crippen molar-refractivity contribution in [2.75, 3.05) is 69.6 Å². The molecule has 1 unspecified atom stereocenters. The van der Waals surface area contributed by atoms with E-state index in [-0.39, 0.29) is 49.2 Å². The van der Waals surface area contributed by atoms with Crippen molar-refractivity contribution in [2.24, 2.45) is 5.41 Å². The first-order valence-electron chi connectivity index (χ1n) is 25.8. The molecule has 3 saturated heterocycles. The van der Waals surface area contributed by atoms with Gasteiger partial charge in [-0.25, -0.2) is 19.3 Å². The lowest BCUT2D eigenvalue weighted by molar-refractivity contribution is -0.144. The van der Waals surface area contributed by atoms with Crippen molar-refractivity contribution >= 4 is 80.6 Å². The molecule has 18 nitrogen and oxygen atoms in total. The fraction of sp³-hybridized carbons (Fsp3) is 0.455. The number of amides is 5. The summed E-state index contributed by atoms with van der Waals surface area (Å²) < 4.78 is 20.0. The second-order valence-electron chi connectivity index (χ2n) is 20.7. The number of anilines is 3. The average Bonchev–Trinajstić information content (AvgIpc) is 4.05. The topological polar surface area (TPSA) is 215 Å². The summed E-state index contributed by atoms with van der Waals surface area (Å²) in [5, 5.41) is 23.0. The average molecular weight is 1080 g/mol. The van der Waals surface area contributed by atoms with E-state index in [1.165, 1.54) is 29.4 Å². The number of aliphatic hydroxyl groups excluding tert-OH is 1. The molecular weight excluding hydrogens is 1010 g/mol. The van der Waals surface area contributed by atoms with Crippen molar-refractivity contribution in [3.63, 3.8) is 0 Å². The van der Waals surface area contributed by atoms with Crippen LogP contribution in [0.4, 0.5) is 21.6 Å². The first-order valence-corrected chi connectivity index (χ1v) is 27.1. The van der Waals surface area contributed by atoms with Crippen LogP contribution in [-0.2, 0) is 30.5 Å². The van der Waals surface area contributed by atoms with Crippen LogP contribution in [0.2, 0.25) is 5.02 Å². The van der Waals surface area contributed by atoms with Crippen LogP contribution >= 0.6 is 22.9 Å². The number of piperidine rings is 1. The SMILES string of the molecule is C=CC(=O)Nc1cc2c(Nc3ccc(F)c(Cl)c3)ncnc2cc1OCCCN1CCC(N2CCN(C(=O)CCC(=O)NC(C(=O)N3C[C@H](O)C[C@H]3C(=O)NCc3ccc(-c4scnc4C)cc3)C(C)(C)C)CC2)CC1. The number of ether oxygens (including phenoxy) is 1. The van der Waals surface area contributed by atoms with Gasteiger partial charge in [-0.2, -0.15) is 0 Å². The summed E-state index contributed by atoms with van der Waals surface area (Å²) in [7, 11) is 0. The zero-order valence-electron chi connectivity index (χ0n) is 43.4. The Balaban J connectivity index is 0.748. The number of hydrogen-bond donors (Lipinski definition) is 5. The summed E-state index contributed by atoms with van der Waals surface area (Å²) in [6.07, 6.45) is 4.43. The third-order valence-corrected chi connectivity index (χ3v) is 15.5. The third-order valence-electron chi connectivity index (χ3n) is 14.3. The molecule has 3 aromatic carbocycles. The highest BCUT2D eigenvalue weighted by Crippen LogP contribution is 2.35. The molecule has 3 aliphatic heterocycles. The standard InChI is InChI=1S/C55H67ClFN11O7S/c1-6-47(70)63-44-28-40-43(59-32-60-52(40)62-37-12-13-42(57)41(56)26-37)29-46(44)75-25-7-18-65-19-16-38(17-20-65)66-21-23-67(24-22-66)49(72)15-14-48(71)64-51(55(3,4)5)54(74)68-31-39(69)27-45(68)53(73)58-30-35-8-10-36(11-9-35)50-34(2)61-33-76-50/h6,8-13,26,28-29,32-33,38-39,45,51,69H,1,7,14-25,27,30-31H2,2-5H3,(H,58,73)(H,63,70)(H,64,71)(H,59,60,62)/t39-,45+,51?/m1/s1. The molecule has 5 aromatic rings. The first kappa shape index (κ1) is 55.6. The predicted molar refractivity (Wildman–Crippen MR) is 292 cm³/mol. The van der Waals surface area contributed by atoms with Crippen LogP contribution in [0, 0.1) is 18.2 Å². The van der Waals surface area contributed by atoms with E-state index in [2.05, 4.69) is 52.6 Å². The number of halogens is 2. The molecule has 21 heteroatoms. The minimum atomic E-state index is -0.990. The van der Waals surface area contributed by atoms with Crippen molar-refractivity contribution < 1.29 is 38.2 Å². The lowest BCUT2D eigenvalue weighted by Gasteiger charge is -2.42. The molecule has 3 aliphatic rings. The lowest BCUT2D eigenvalue weighted by atomic mass is 9.85. The van der Waals surface area contributed by atoms with Crippen LogP contribution in [0.15, 0.2) is 79.1 Å². The van der Waals surface area contributed by atoms with Gasteiger partial charge in [-0.3, -0.25) is 28.9 Å². The van der Waals surface area contributed by atoms with Crippen LogP contribution in [0.3, 0.4) is 0 Å². The molecular formula is C55H67ClFN11O7S. The van der Waals surface area contributed by atoms with Gasteiger partial charge < -0.3 is 45.8 Å². The van der Waals surface area contributed by atoms with Gasteiger partial charge in [-0.15, -0.1) is 11.3 Å². The molecule has 0 radical (unpaired) electrons. The van der Waals surface area contributed by atoms with Gasteiger partial charge in [-0.1, -0.05) is 63.2 Å². The largest absolute Gasteiger partial charge is 0.491 e. The van der Waals surface area contributed by atoms with Crippen molar-refractivity contribution in [1.29, 1.82) is 0 Å². The van der Waals surface area contributed by atoms with Gasteiger partial charge in [0.2, 0.25) is 29.5 Å². The van der Waals surface area contributed by atoms with Gasteiger partial charge in [0.05, 0.1) is 45.0 Å². The Bertz CT molecular complexity index is 2900. The van der Waals surface area contributed by atoms with Crippen LogP contribution in [0.1, 0.15) is 70.6 Å². The zero-order valence-corrected chi connectivity index (χ0v) is 45.0. The van der Waals surface area contributed by atoms with E-state index < -0.39 is 47.1 Å². The van der Waals surface area contributed by atoms with Crippen LogP contribution < -0.4 is 26.0 Å². The number of hydrogen-bond acceptors (Lipinski definition) is 14. The molecule has 404 valence electrons. The molecule has 0 spiro atoms. The zero-order chi connectivity index (χ0) is 54.1. The highest BCUT2D eigenvalue weighted by Gasteiger charge is 2.44. The van der Waals surface area contributed by atoms with Crippen molar-refractivity contribution in [3.05, 3.63) is 101 Å². The molecule has 0 bridgehead atoms. The summed E-state index contributed by atoms with van der Waals surface area (Å²) in [6.45, 7) is 17.0. The number of nitrogens with zero attached hydrogens (tertiary/aromatic N) is 7. The van der Waals surface area contributed by atoms with E-state index in [4.69, 9.17) is 16.3 Å². The van der Waals surface area contributed by atoms with E-state index in [1.54, 1.807) is 29.5 Å². The number of aromatic nitrogens is 3. The second kappa shape index (κ2) is 25.1. The third kappa shape index (κ3) is 14.1. The van der Waals surface area contributed by atoms with Gasteiger partial charge in [-0.05, 0) is 86.2 Å². The number of carbonyl (C=O) groups excluding carboxylic acids is 5. The summed E-state index contributed by atoms with van der Waals surface area (Å²) >= 11 is 7.56. The van der Waals surface area contributed by atoms with Crippen LogP contribution in [0.5, 0.6) is 5.75 Å². The summed E-state index contributed by atoms with van der Waals surface area (Å²) in [5.74, 6) is -1.43. The van der Waals surface area contributed by atoms with E-state index in [0.717, 1.165) is 73.7 Å². The quantitative estimate of drug-likeness (QED) is 0.0431. The maximum Gasteiger partial charge on any atom is 0.247 e. The monoisotopic (exact) mass is 1080 g/mol. The van der Waals surface area contributed by atoms with Gasteiger partial charge in [0, 0.05) is 88.3 Å². The minimum Gasteiger partial charge on any atom is -0.491 e. The van der Waals surface area contributed by atoms with E-state index >= 15 is 0 Å². The molecule has 5 N–H and O–H groups in total. The summed E-state index contributed by atoms with van der Waals surface area (Å²) in [5.41, 5.74) is 5.49. The number of thiazole rings is 1. The normalized spacial score (nSPS) is 18.0. The molecule has 8 rings (SSSR count). The highest BCUT2D eigenvalue weighted by molar-refractivity contribution is 7.13. The van der Waals surface area contributed by atoms with Crippen LogP contribution in [-0.4, -0.2) is 152 Å². The molecule has 3 atom stereocenters. The number of aryl methyl sites for hydroxylation is 1. The summed E-state index contributed by atoms with van der Waals surface area (Å²) in [6, 6.07) is 14.1. The second-order valence-corrected chi connectivity index (χ2v) is 21.9. The molecule has 76 heavy (non-hydrogen) atoms. The Morgan fingerprint density at radius 1 is 0.974 bits per heavy atom. The van der Waals surface area contributed by atoms with Crippen molar-refractivity contribution in [1.82, 2.24) is 45.2 Å². The number of benzene rings is 3. The molecule has 5 amide bonds. The minimum absolute atomic E-state index is 0.00455. The maximum absolute atomic E-state index is 14.2. The Labute approximate surface area is 451 Å². The summed E-state index contributed by atoms with van der Waals surface area (Å²) in [4.78, 5) is 89.2. The van der Waals surface area contributed by atoms with Gasteiger partial charge >= 0.3 is 0 Å². The van der Waals surface area contributed by atoms with Gasteiger partial charge in [0.1, 0.15) is 35.8 Å². The number of aliphatic hydroxyl groups is 1. The highest BCUT2D eigenvalue weighted by atomic mass is 35.5. The fourth-order valence-electron chi connectivity index (χ4n) is 10.0. The molecule has 2 aromatic heterocycles. The number of rotatable bonds is 19. The Hall–Kier alpha value is -6.58. The molecule has 0 saturated carbocycles. The molecule has 5 heterocycles. The lowest BCUT2D eigenvalue weighted by Crippen LogP contribution is -2.57. The van der Waals surface area contributed by atoms with Crippen LogP contribution in [0.25, 0.3) is 21.3 Å². The number of likely N-dealkylation sites (tertiary alicyclic amines) is 2. The molecule has 3 fully saturated rings. The van der Waals surface area contributed by atoms with Gasteiger partial charge in [0.15, 0.2) is 0 Å². The molecule has 0 aliphatic carbocycles. The van der Waals surface area contributed by atoms with E-state index in [1.807, 2.05) is 62.4 Å². The Morgan fingerprint density at radius 3 is 2.41 bits per heavy atom. The number of carbonyl (C=O) groups is 5. The van der Waals surface area contributed by atoms with E-state index in [0.29, 0.717) is 59.6 Å². The number of piperazine rings is 1. The number of fused-ring (bicyclic) bond motifs is 1. The Kier molecular flexibility index (Phi) is 18.3. The van der Waals surface area contributed by atoms with Crippen molar-refractivity contribution in [3.8, 4) is 16.2 Å². The maximum atomic E-state index is 14.2. The van der Waals surface area contributed by atoms with Gasteiger partial charge in [0.25, 0.3) is 0 Å². The number of nitrogens with one attached hydrogen (secondary N) is 4. The number of β-amino-alcohol motifs (C(OH)–C–C–N with tert-alkyl or cyclic N) is 1. The van der Waals surface area contributed by atoms with E-state index in [9.17, 15) is 33.5 Å². The Morgan fingerprint density at radius 2 is 1.72 bits per heavy atom. The predicted octanol–water partition coefficient (Wildman–Crippen LogP) is 6.69. The fourth-order valence-corrected chi connectivity index (χ4v) is 11.0. The van der Waals surface area contributed by atoms with Crippen molar-refractivity contribution in [2.45, 2.75) is 97.0 Å².